The highest BCUT2D eigenvalue weighted by molar-refractivity contribution is 6.02. The average molecular weight is 612 g/mol. The van der Waals surface area contributed by atoms with Gasteiger partial charge >= 0.3 is 41.7 Å². The maximum atomic E-state index is 14.2. The molecule has 1 aromatic rings. The first kappa shape index (κ1) is 34.0. The standard InChI is InChI=1S/C24H23F15O/c1-2-13-3-5-14(6-4-13)7-8-15-9-11-16(12-10-15)17(40)18(25,26)19(27,28)20(29,30)21(31,32)22(33,34)23(35,36)24(37,38)39/h9-14H,2-8H2,1H3/t13-,14-. The Kier molecular flexibility index (Phi) is 9.29. The van der Waals surface area contributed by atoms with Gasteiger partial charge in [0.15, 0.2) is 0 Å². The zero-order valence-electron chi connectivity index (χ0n) is 20.5. The fourth-order valence-corrected chi connectivity index (χ4v) is 4.41. The van der Waals surface area contributed by atoms with E-state index < -0.39 is 53.1 Å². The molecule has 1 saturated carbocycles. The monoisotopic (exact) mass is 612 g/mol. The Balaban J connectivity index is 2.27. The molecule has 0 spiro atoms. The minimum atomic E-state index is -8.42. The topological polar surface area (TPSA) is 17.1 Å². The van der Waals surface area contributed by atoms with E-state index in [-0.39, 0.29) is 0 Å². The molecule has 0 saturated heterocycles. The lowest BCUT2D eigenvalue weighted by Gasteiger charge is -2.41. The summed E-state index contributed by atoms with van der Waals surface area (Å²) < 4.78 is 200. The van der Waals surface area contributed by atoms with E-state index in [4.69, 9.17) is 0 Å². The molecular weight excluding hydrogens is 589 g/mol. The Morgan fingerprint density at radius 2 is 1.02 bits per heavy atom. The molecular formula is C24H23F15O. The van der Waals surface area contributed by atoms with E-state index in [1.165, 1.54) is 0 Å². The fraction of sp³-hybridized carbons (Fsp3) is 0.708. The van der Waals surface area contributed by atoms with Gasteiger partial charge in [-0.15, -0.1) is 0 Å². The van der Waals surface area contributed by atoms with Gasteiger partial charge in [-0.2, -0.15) is 65.9 Å². The number of carbonyl (C=O) groups excluding carboxylic acids is 1. The van der Waals surface area contributed by atoms with Gasteiger partial charge in [0.1, 0.15) is 0 Å². The molecule has 1 aliphatic carbocycles. The first-order valence-corrected chi connectivity index (χ1v) is 11.9. The van der Waals surface area contributed by atoms with Crippen molar-refractivity contribution in [2.24, 2.45) is 11.8 Å². The normalized spacial score (nSPS) is 20.5. The smallest absolute Gasteiger partial charge is 0.287 e. The van der Waals surface area contributed by atoms with E-state index in [1.807, 2.05) is 0 Å². The van der Waals surface area contributed by atoms with E-state index in [0.29, 0.717) is 42.4 Å². The van der Waals surface area contributed by atoms with Crippen molar-refractivity contribution >= 4 is 5.78 Å². The predicted molar refractivity (Wildman–Crippen MR) is 111 cm³/mol. The number of aryl methyl sites for hydroxylation is 1. The third kappa shape index (κ3) is 5.51. The van der Waals surface area contributed by atoms with Crippen LogP contribution in [0.1, 0.15) is 61.4 Å². The average Bonchev–Trinajstić information content (AvgIpc) is 2.86. The van der Waals surface area contributed by atoms with Gasteiger partial charge in [-0.25, -0.2) is 0 Å². The molecule has 1 aromatic carbocycles. The quantitative estimate of drug-likeness (QED) is 0.180. The van der Waals surface area contributed by atoms with Gasteiger partial charge in [-0.3, -0.25) is 4.79 Å². The van der Waals surface area contributed by atoms with E-state index in [0.717, 1.165) is 44.2 Å². The molecule has 0 N–H and O–H groups in total. The van der Waals surface area contributed by atoms with Crippen LogP contribution < -0.4 is 0 Å². The summed E-state index contributed by atoms with van der Waals surface area (Å²) in [6.07, 6.45) is -1.86. The number of carbonyl (C=O) groups is 1. The van der Waals surface area contributed by atoms with Crippen LogP contribution in [0.5, 0.6) is 0 Å². The predicted octanol–water partition coefficient (Wildman–Crippen LogP) is 9.39. The summed E-state index contributed by atoms with van der Waals surface area (Å²) in [5.41, 5.74) is -1.08. The van der Waals surface area contributed by atoms with Crippen LogP contribution in [0, 0.1) is 11.8 Å². The Bertz CT molecular complexity index is 1020. The Morgan fingerprint density at radius 3 is 1.45 bits per heavy atom. The van der Waals surface area contributed by atoms with Crippen molar-refractivity contribution < 1.29 is 70.7 Å². The van der Waals surface area contributed by atoms with Crippen molar-refractivity contribution in [3.8, 4) is 0 Å². The SMILES string of the molecule is CC[C@H]1CC[C@H](CCc2ccc(C(=O)C(F)(F)C(F)(F)C(F)(F)C(F)(F)C(F)(F)C(F)(F)C(F)(F)F)cc2)CC1. The summed E-state index contributed by atoms with van der Waals surface area (Å²) in [4.78, 5) is 11.9. The van der Waals surface area contributed by atoms with Crippen LogP contribution in [0.4, 0.5) is 65.9 Å². The van der Waals surface area contributed by atoms with E-state index in [1.54, 1.807) is 0 Å². The summed E-state index contributed by atoms with van der Waals surface area (Å²) in [5.74, 6) is -50.3. The number of hydrogen-bond acceptors (Lipinski definition) is 1. The lowest BCUT2D eigenvalue weighted by atomic mass is 9.78. The summed E-state index contributed by atoms with van der Waals surface area (Å²) in [5, 5.41) is 0. The van der Waals surface area contributed by atoms with E-state index in [9.17, 15) is 70.7 Å². The largest absolute Gasteiger partial charge is 0.460 e. The molecule has 1 nitrogen and oxygen atoms in total. The second-order valence-corrected chi connectivity index (χ2v) is 9.80. The molecule has 0 amide bonds. The van der Waals surface area contributed by atoms with Crippen LogP contribution in [-0.2, 0) is 6.42 Å². The lowest BCUT2D eigenvalue weighted by molar-refractivity contribution is -0.449. The molecule has 2 rings (SSSR count). The number of alkyl halides is 15. The lowest BCUT2D eigenvalue weighted by Crippen LogP contribution is -2.73. The highest BCUT2D eigenvalue weighted by Crippen LogP contribution is 2.62. The Labute approximate surface area is 218 Å². The molecule has 0 atom stereocenters. The summed E-state index contributed by atoms with van der Waals surface area (Å²) in [6.45, 7) is 2.06. The molecule has 230 valence electrons. The van der Waals surface area contributed by atoms with Crippen molar-refractivity contribution in [3.05, 3.63) is 35.4 Å². The molecule has 1 fully saturated rings. The summed E-state index contributed by atoms with van der Waals surface area (Å²) in [6, 6.07) is 2.81. The van der Waals surface area contributed by atoms with Crippen LogP contribution in [0.15, 0.2) is 24.3 Å². The van der Waals surface area contributed by atoms with Crippen LogP contribution in [0.2, 0.25) is 0 Å². The minimum absolute atomic E-state index is 0.318. The first-order chi connectivity index (χ1) is 17.9. The zero-order chi connectivity index (χ0) is 31.2. The highest BCUT2D eigenvalue weighted by atomic mass is 19.4. The Morgan fingerprint density at radius 1 is 0.625 bits per heavy atom. The maximum absolute atomic E-state index is 14.2. The number of hydrogen-bond donors (Lipinski definition) is 0. The molecule has 0 aromatic heterocycles. The van der Waals surface area contributed by atoms with Crippen molar-refractivity contribution in [1.29, 1.82) is 0 Å². The van der Waals surface area contributed by atoms with Crippen molar-refractivity contribution in [3.63, 3.8) is 0 Å². The van der Waals surface area contributed by atoms with Gasteiger partial charge in [-0.05, 0) is 30.2 Å². The van der Waals surface area contributed by atoms with Crippen molar-refractivity contribution in [2.75, 3.05) is 0 Å². The molecule has 0 bridgehead atoms. The van der Waals surface area contributed by atoms with Crippen molar-refractivity contribution in [1.82, 2.24) is 0 Å². The Hall–Kier alpha value is -2.16. The molecule has 16 heteroatoms. The van der Waals surface area contributed by atoms with Crippen LogP contribution >= 0.6 is 0 Å². The molecule has 0 heterocycles. The molecule has 0 aliphatic heterocycles. The molecule has 0 radical (unpaired) electrons. The number of ketones is 1. The maximum Gasteiger partial charge on any atom is 0.460 e. The first-order valence-electron chi connectivity index (χ1n) is 11.9. The van der Waals surface area contributed by atoms with Gasteiger partial charge in [0, 0.05) is 5.56 Å². The van der Waals surface area contributed by atoms with Crippen molar-refractivity contribution in [2.45, 2.75) is 93.6 Å². The number of halogens is 15. The van der Waals surface area contributed by atoms with Crippen LogP contribution in [-0.4, -0.2) is 47.5 Å². The second kappa shape index (κ2) is 10.9. The minimum Gasteiger partial charge on any atom is -0.287 e. The molecule has 40 heavy (non-hydrogen) atoms. The third-order valence-electron chi connectivity index (χ3n) is 7.21. The van der Waals surface area contributed by atoms with Crippen LogP contribution in [0.25, 0.3) is 0 Å². The van der Waals surface area contributed by atoms with Gasteiger partial charge < -0.3 is 0 Å². The van der Waals surface area contributed by atoms with Gasteiger partial charge in [-0.1, -0.05) is 63.3 Å². The second-order valence-electron chi connectivity index (χ2n) is 9.80. The molecule has 0 unspecified atom stereocenters. The van der Waals surface area contributed by atoms with Gasteiger partial charge in [0.25, 0.3) is 0 Å². The third-order valence-corrected chi connectivity index (χ3v) is 7.21. The summed E-state index contributed by atoms with van der Waals surface area (Å²) >= 11 is 0. The number of rotatable bonds is 11. The number of benzene rings is 1. The highest BCUT2D eigenvalue weighted by Gasteiger charge is 2.93. The van der Waals surface area contributed by atoms with E-state index >= 15 is 0 Å². The van der Waals surface area contributed by atoms with E-state index in [2.05, 4.69) is 6.92 Å². The van der Waals surface area contributed by atoms with Gasteiger partial charge in [0.2, 0.25) is 5.78 Å². The fourth-order valence-electron chi connectivity index (χ4n) is 4.41. The molecule has 1 aliphatic rings. The number of Topliss-reactive ketones (excluding diaryl/α,β-unsaturated/α-hetero) is 1. The van der Waals surface area contributed by atoms with Crippen LogP contribution in [0.3, 0.4) is 0 Å². The summed E-state index contributed by atoms with van der Waals surface area (Å²) in [7, 11) is 0. The zero-order valence-corrected chi connectivity index (χ0v) is 20.5. The van der Waals surface area contributed by atoms with Gasteiger partial charge in [0.05, 0.1) is 0 Å².